The van der Waals surface area contributed by atoms with E-state index in [1.54, 1.807) is 6.08 Å². The van der Waals surface area contributed by atoms with Crippen molar-refractivity contribution in [2.24, 2.45) is 0 Å². The van der Waals surface area contributed by atoms with Crippen molar-refractivity contribution >= 4 is 23.7 Å². The minimum absolute atomic E-state index is 0.0663. The molecule has 0 radical (unpaired) electrons. The van der Waals surface area contributed by atoms with E-state index in [9.17, 15) is 19.5 Å². The van der Waals surface area contributed by atoms with Crippen molar-refractivity contribution in [2.45, 2.75) is 38.6 Å². The second kappa shape index (κ2) is 10.6. The van der Waals surface area contributed by atoms with Crippen LogP contribution < -0.4 is 0 Å². The Kier molecular flexibility index (Phi) is 7.60. The molecule has 2 aromatic rings. The molecule has 0 saturated heterocycles. The number of aliphatic hydroxyl groups excluding tert-OH is 1. The van der Waals surface area contributed by atoms with E-state index in [1.807, 2.05) is 61.5 Å². The second-order valence-corrected chi connectivity index (χ2v) is 7.89. The lowest BCUT2D eigenvalue weighted by molar-refractivity contribution is -0.137. The van der Waals surface area contributed by atoms with Crippen LogP contribution in [0.5, 0.6) is 0 Å². The third-order valence-corrected chi connectivity index (χ3v) is 5.48. The molecule has 1 aliphatic rings. The first-order valence-electron chi connectivity index (χ1n) is 10.7. The number of benzene rings is 2. The summed E-state index contributed by atoms with van der Waals surface area (Å²) in [6.45, 7) is 2.27. The van der Waals surface area contributed by atoms with Gasteiger partial charge in [-0.2, -0.15) is 0 Å². The number of carboxylic acids is 1. The summed E-state index contributed by atoms with van der Waals surface area (Å²) in [5, 5.41) is 19.4. The van der Waals surface area contributed by atoms with Gasteiger partial charge in [-0.05, 0) is 37.0 Å². The van der Waals surface area contributed by atoms with Crippen LogP contribution in [0.15, 0.2) is 72.0 Å². The zero-order valence-electron chi connectivity index (χ0n) is 18.0. The van der Waals surface area contributed by atoms with Gasteiger partial charge in [0.25, 0.3) is 5.91 Å². The summed E-state index contributed by atoms with van der Waals surface area (Å²) in [5.41, 5.74) is 2.70. The van der Waals surface area contributed by atoms with Gasteiger partial charge in [-0.25, -0.2) is 0 Å². The number of hydrogen-bond donors (Lipinski definition) is 2. The molecule has 1 amide bonds. The van der Waals surface area contributed by atoms with Gasteiger partial charge in [-0.15, -0.1) is 0 Å². The first-order valence-corrected chi connectivity index (χ1v) is 10.7. The Morgan fingerprint density at radius 2 is 1.69 bits per heavy atom. The van der Waals surface area contributed by atoms with E-state index in [2.05, 4.69) is 0 Å². The number of carbonyl (C=O) groups excluding carboxylic acids is 2. The van der Waals surface area contributed by atoms with Crippen LogP contribution in [0.25, 0.3) is 6.08 Å². The second-order valence-electron chi connectivity index (χ2n) is 7.89. The van der Waals surface area contributed by atoms with Gasteiger partial charge in [-0.3, -0.25) is 14.4 Å². The summed E-state index contributed by atoms with van der Waals surface area (Å²) in [5.74, 6) is -2.37. The van der Waals surface area contributed by atoms with E-state index in [0.717, 1.165) is 16.7 Å². The summed E-state index contributed by atoms with van der Waals surface area (Å²) >= 11 is 0. The fraction of sp³-hybridized carbons (Fsp3) is 0.269. The maximum atomic E-state index is 13.1. The highest BCUT2D eigenvalue weighted by atomic mass is 16.4. The van der Waals surface area contributed by atoms with Crippen molar-refractivity contribution in [3.8, 4) is 0 Å². The molecule has 2 N–H and O–H groups in total. The Hall–Kier alpha value is -3.67. The van der Waals surface area contributed by atoms with Crippen LogP contribution in [0.2, 0.25) is 0 Å². The molecule has 0 saturated carbocycles. The van der Waals surface area contributed by atoms with Crippen molar-refractivity contribution in [3.05, 3.63) is 88.7 Å². The van der Waals surface area contributed by atoms with Crippen LogP contribution >= 0.6 is 0 Å². The molecular formula is C26H27NO5. The molecule has 6 nitrogen and oxygen atoms in total. The van der Waals surface area contributed by atoms with Gasteiger partial charge in [0.2, 0.25) is 0 Å². The molecule has 0 spiro atoms. The molecular weight excluding hydrogens is 406 g/mol. The monoisotopic (exact) mass is 433 g/mol. The standard InChI is InChI=1S/C26H27NO5/c1-18-11-14-20(15-12-18)24-23(21(28)16-13-19-8-4-2-5-9-19)25(31)26(32)27(24)17-7-3-6-10-22(29)30/h2,4-5,8-9,11-16,24,31H,3,6-7,10,17H2,1H3,(H,29,30)/b16-13+/t24-/m1/s1. The lowest BCUT2D eigenvalue weighted by atomic mass is 9.95. The Morgan fingerprint density at radius 3 is 2.34 bits per heavy atom. The summed E-state index contributed by atoms with van der Waals surface area (Å²) in [7, 11) is 0. The average molecular weight is 434 g/mol. The lowest BCUT2D eigenvalue weighted by Gasteiger charge is -2.26. The fourth-order valence-corrected chi connectivity index (χ4v) is 3.79. The normalized spacial score (nSPS) is 16.2. The molecule has 0 fully saturated rings. The maximum Gasteiger partial charge on any atom is 0.303 e. The van der Waals surface area contributed by atoms with Gasteiger partial charge in [0, 0.05) is 13.0 Å². The number of aryl methyl sites for hydroxylation is 1. The molecule has 0 aromatic heterocycles. The van der Waals surface area contributed by atoms with Crippen molar-refractivity contribution < 1.29 is 24.6 Å². The molecule has 3 rings (SSSR count). The molecule has 2 aromatic carbocycles. The van der Waals surface area contributed by atoms with E-state index in [1.165, 1.54) is 11.0 Å². The summed E-state index contributed by atoms with van der Waals surface area (Å²) in [4.78, 5) is 38.2. The highest BCUT2D eigenvalue weighted by Crippen LogP contribution is 2.38. The Morgan fingerprint density at radius 1 is 1.00 bits per heavy atom. The van der Waals surface area contributed by atoms with E-state index in [0.29, 0.717) is 25.8 Å². The van der Waals surface area contributed by atoms with Gasteiger partial charge in [0.15, 0.2) is 11.5 Å². The van der Waals surface area contributed by atoms with Crippen LogP contribution in [0.4, 0.5) is 0 Å². The predicted molar refractivity (Wildman–Crippen MR) is 122 cm³/mol. The highest BCUT2D eigenvalue weighted by Gasteiger charge is 2.42. The van der Waals surface area contributed by atoms with Crippen LogP contribution in [-0.4, -0.2) is 39.3 Å². The van der Waals surface area contributed by atoms with Crippen molar-refractivity contribution in [2.75, 3.05) is 6.54 Å². The summed E-state index contributed by atoms with van der Waals surface area (Å²) in [6.07, 6.45) is 4.84. The smallest absolute Gasteiger partial charge is 0.303 e. The molecule has 6 heteroatoms. The third kappa shape index (κ3) is 5.52. The average Bonchev–Trinajstić information content (AvgIpc) is 3.03. The Bertz CT molecular complexity index is 1040. The topological polar surface area (TPSA) is 94.9 Å². The van der Waals surface area contributed by atoms with Crippen LogP contribution in [-0.2, 0) is 14.4 Å². The SMILES string of the molecule is Cc1ccc([C@@H]2C(C(=O)/C=C/c3ccccc3)=C(O)C(=O)N2CCCCCC(=O)O)cc1. The van der Waals surface area contributed by atoms with E-state index < -0.39 is 29.5 Å². The highest BCUT2D eigenvalue weighted by molar-refractivity contribution is 6.14. The molecule has 166 valence electrons. The molecule has 0 bridgehead atoms. The van der Waals surface area contributed by atoms with Gasteiger partial charge < -0.3 is 15.1 Å². The number of hydrogen-bond acceptors (Lipinski definition) is 4. The quantitative estimate of drug-likeness (QED) is 0.421. The van der Waals surface area contributed by atoms with Crippen LogP contribution in [0.3, 0.4) is 0 Å². The van der Waals surface area contributed by atoms with E-state index in [4.69, 9.17) is 5.11 Å². The summed E-state index contributed by atoms with van der Waals surface area (Å²) < 4.78 is 0. The lowest BCUT2D eigenvalue weighted by Crippen LogP contribution is -2.32. The molecule has 1 atom stereocenters. The predicted octanol–water partition coefficient (Wildman–Crippen LogP) is 4.62. The largest absolute Gasteiger partial charge is 0.503 e. The van der Waals surface area contributed by atoms with Gasteiger partial charge in [-0.1, -0.05) is 72.7 Å². The number of ketones is 1. The van der Waals surface area contributed by atoms with Gasteiger partial charge in [0.05, 0.1) is 11.6 Å². The number of carboxylic acid groups (broad SMARTS) is 1. The molecule has 32 heavy (non-hydrogen) atoms. The van der Waals surface area contributed by atoms with Crippen molar-refractivity contribution in [1.29, 1.82) is 0 Å². The zero-order chi connectivity index (χ0) is 23.1. The maximum absolute atomic E-state index is 13.1. The van der Waals surface area contributed by atoms with Crippen LogP contribution in [0.1, 0.15) is 48.4 Å². The minimum atomic E-state index is -0.850. The number of unbranched alkanes of at least 4 members (excludes halogenated alkanes) is 2. The number of amides is 1. The Balaban J connectivity index is 1.85. The van der Waals surface area contributed by atoms with Crippen molar-refractivity contribution in [3.63, 3.8) is 0 Å². The molecule has 0 unspecified atom stereocenters. The zero-order valence-corrected chi connectivity index (χ0v) is 18.0. The fourth-order valence-electron chi connectivity index (χ4n) is 3.79. The summed E-state index contributed by atoms with van der Waals surface area (Å²) in [6, 6.07) is 16.2. The number of allylic oxidation sites excluding steroid dienone is 1. The van der Waals surface area contributed by atoms with Gasteiger partial charge in [0.1, 0.15) is 0 Å². The first kappa shape index (κ1) is 23.0. The van der Waals surface area contributed by atoms with E-state index >= 15 is 0 Å². The number of aliphatic hydroxyl groups is 1. The number of rotatable bonds is 10. The molecule has 1 aliphatic heterocycles. The van der Waals surface area contributed by atoms with E-state index in [-0.39, 0.29) is 12.0 Å². The minimum Gasteiger partial charge on any atom is -0.503 e. The first-order chi connectivity index (χ1) is 15.4. The van der Waals surface area contributed by atoms with Gasteiger partial charge >= 0.3 is 5.97 Å². The number of aliphatic carboxylic acids is 1. The molecule has 1 heterocycles. The van der Waals surface area contributed by atoms with Crippen molar-refractivity contribution in [1.82, 2.24) is 4.90 Å². The number of nitrogens with zero attached hydrogens (tertiary/aromatic N) is 1. The number of carbonyl (C=O) groups is 3. The Labute approximate surface area is 187 Å². The third-order valence-electron chi connectivity index (χ3n) is 5.48. The molecule has 0 aliphatic carbocycles. The van der Waals surface area contributed by atoms with Crippen LogP contribution in [0, 0.1) is 6.92 Å².